The van der Waals surface area contributed by atoms with Crippen molar-refractivity contribution in [2.75, 3.05) is 25.6 Å². The van der Waals surface area contributed by atoms with E-state index < -0.39 is 10.1 Å². The average molecular weight is 465 g/mol. The lowest BCUT2D eigenvalue weighted by Crippen LogP contribution is -2.13. The maximum absolute atomic E-state index is 12.2. The summed E-state index contributed by atoms with van der Waals surface area (Å²) >= 11 is 0. The fourth-order valence-corrected chi connectivity index (χ4v) is 3.98. The number of fused-ring (bicyclic) bond motifs is 1. The first-order valence-electron chi connectivity index (χ1n) is 10.4. The van der Waals surface area contributed by atoms with Crippen molar-refractivity contribution in [3.05, 3.63) is 83.7 Å². The van der Waals surface area contributed by atoms with Gasteiger partial charge in [0.25, 0.3) is 10.1 Å². The maximum atomic E-state index is 12.2. The topological polar surface area (TPSA) is 90.7 Å². The van der Waals surface area contributed by atoms with Gasteiger partial charge in [0, 0.05) is 24.9 Å². The van der Waals surface area contributed by atoms with Crippen LogP contribution in [0.3, 0.4) is 0 Å². The summed E-state index contributed by atoms with van der Waals surface area (Å²) in [5.41, 5.74) is 4.32. The second-order valence-electron chi connectivity index (χ2n) is 7.32. The van der Waals surface area contributed by atoms with Gasteiger partial charge in [0.05, 0.1) is 4.90 Å². The normalized spacial score (nSPS) is 11.8. The number of aryl methyl sites for hydroxylation is 1. The number of hydrogen-bond donors (Lipinski definition) is 1. The quantitative estimate of drug-likeness (QED) is 0.271. The number of ether oxygens (including phenoxy) is 1. The van der Waals surface area contributed by atoms with Crippen LogP contribution in [-0.2, 0) is 14.3 Å². The molecule has 0 atom stereocenters. The molecule has 0 spiro atoms. The van der Waals surface area contributed by atoms with Crippen LogP contribution in [0.4, 0.5) is 5.69 Å². The van der Waals surface area contributed by atoms with Crippen molar-refractivity contribution in [1.29, 1.82) is 0 Å². The summed E-state index contributed by atoms with van der Waals surface area (Å²) < 4.78 is 40.9. The molecule has 0 fully saturated rings. The predicted molar refractivity (Wildman–Crippen MR) is 129 cm³/mol. The summed E-state index contributed by atoms with van der Waals surface area (Å²) in [6.45, 7) is 1.85. The van der Waals surface area contributed by atoms with Crippen molar-refractivity contribution in [2.24, 2.45) is 0 Å². The molecule has 0 aliphatic rings. The van der Waals surface area contributed by atoms with Crippen LogP contribution in [0.5, 0.6) is 5.75 Å². The van der Waals surface area contributed by atoms with Gasteiger partial charge in [0.15, 0.2) is 5.58 Å². The second kappa shape index (κ2) is 9.89. The molecule has 0 unspecified atom stereocenters. The van der Waals surface area contributed by atoms with Crippen LogP contribution in [0, 0.1) is 6.92 Å². The standard InChI is InChI=1S/C25H24N2O5S/c1-18-3-11-22(12-4-18)33(28,29)31-16-15-30-21-10-13-23-24(17-21)32-25(27-23)14-7-19-5-8-20(26-2)9-6-19/h3-14,17,26H,15-16H2,1-2H3/b14-7+. The molecule has 170 valence electrons. The van der Waals surface area contributed by atoms with E-state index >= 15 is 0 Å². The van der Waals surface area contributed by atoms with Crippen LogP contribution in [0.25, 0.3) is 23.3 Å². The van der Waals surface area contributed by atoms with E-state index in [0.717, 1.165) is 16.8 Å². The summed E-state index contributed by atoms with van der Waals surface area (Å²) in [7, 11) is -1.94. The molecule has 0 radical (unpaired) electrons. The molecule has 0 bridgehead atoms. The number of nitrogens with zero attached hydrogens (tertiary/aromatic N) is 1. The summed E-state index contributed by atoms with van der Waals surface area (Å²) in [4.78, 5) is 4.57. The third-order valence-electron chi connectivity index (χ3n) is 4.89. The first-order valence-corrected chi connectivity index (χ1v) is 11.8. The van der Waals surface area contributed by atoms with E-state index in [9.17, 15) is 8.42 Å². The monoisotopic (exact) mass is 464 g/mol. The highest BCUT2D eigenvalue weighted by Crippen LogP contribution is 2.23. The number of hydrogen-bond acceptors (Lipinski definition) is 7. The molecule has 8 heteroatoms. The first kappa shape index (κ1) is 22.6. The van der Waals surface area contributed by atoms with E-state index in [4.69, 9.17) is 13.3 Å². The van der Waals surface area contributed by atoms with Gasteiger partial charge in [-0.2, -0.15) is 8.42 Å². The first-order chi connectivity index (χ1) is 15.9. The van der Waals surface area contributed by atoms with E-state index in [1.807, 2.05) is 44.3 Å². The Morgan fingerprint density at radius 2 is 1.73 bits per heavy atom. The van der Waals surface area contributed by atoms with Gasteiger partial charge in [-0.3, -0.25) is 4.18 Å². The fourth-order valence-electron chi connectivity index (χ4n) is 3.09. The molecule has 1 N–H and O–H groups in total. The van der Waals surface area contributed by atoms with Gasteiger partial charge >= 0.3 is 0 Å². The molecule has 0 saturated carbocycles. The van der Waals surface area contributed by atoms with E-state index in [1.54, 1.807) is 36.4 Å². The van der Waals surface area contributed by atoms with Crippen LogP contribution in [0.1, 0.15) is 17.0 Å². The third-order valence-corrected chi connectivity index (χ3v) is 6.22. The molecule has 7 nitrogen and oxygen atoms in total. The lowest BCUT2D eigenvalue weighted by Gasteiger charge is -2.08. The number of oxazole rings is 1. The van der Waals surface area contributed by atoms with Crippen molar-refractivity contribution in [1.82, 2.24) is 4.98 Å². The number of anilines is 1. The molecule has 0 saturated heterocycles. The van der Waals surface area contributed by atoms with Gasteiger partial charge in [-0.15, -0.1) is 0 Å². The lowest BCUT2D eigenvalue weighted by molar-refractivity contribution is 0.221. The maximum Gasteiger partial charge on any atom is 0.297 e. The van der Waals surface area contributed by atoms with Crippen molar-refractivity contribution in [3.63, 3.8) is 0 Å². The number of aromatic nitrogens is 1. The van der Waals surface area contributed by atoms with Crippen LogP contribution < -0.4 is 10.1 Å². The summed E-state index contributed by atoms with van der Waals surface area (Å²) in [6, 6.07) is 19.7. The van der Waals surface area contributed by atoms with Crippen LogP contribution >= 0.6 is 0 Å². The van der Waals surface area contributed by atoms with Gasteiger partial charge in [0.2, 0.25) is 5.89 Å². The van der Waals surface area contributed by atoms with Crippen molar-refractivity contribution in [2.45, 2.75) is 11.8 Å². The minimum absolute atomic E-state index is 0.0696. The highest BCUT2D eigenvalue weighted by atomic mass is 32.2. The van der Waals surface area contributed by atoms with E-state index in [0.29, 0.717) is 22.7 Å². The summed E-state index contributed by atoms with van der Waals surface area (Å²) in [5.74, 6) is 1.01. The lowest BCUT2D eigenvalue weighted by atomic mass is 10.2. The molecule has 3 aromatic carbocycles. The predicted octanol–water partition coefficient (Wildman–Crippen LogP) is 5.13. The molecular formula is C25H24N2O5S. The number of benzene rings is 3. The molecular weight excluding hydrogens is 440 g/mol. The molecule has 1 aromatic heterocycles. The van der Waals surface area contributed by atoms with Gasteiger partial charge in [0.1, 0.15) is 24.5 Å². The third kappa shape index (κ3) is 5.79. The Balaban J connectivity index is 1.34. The van der Waals surface area contributed by atoms with Crippen molar-refractivity contribution >= 4 is 39.1 Å². The molecule has 0 aliphatic carbocycles. The Kier molecular flexibility index (Phi) is 6.76. The fraction of sp³-hybridized carbons (Fsp3) is 0.160. The zero-order valence-electron chi connectivity index (χ0n) is 18.3. The van der Waals surface area contributed by atoms with Gasteiger partial charge in [-0.05, 0) is 55.0 Å². The van der Waals surface area contributed by atoms with Crippen LogP contribution in [0.2, 0.25) is 0 Å². The molecule has 1 heterocycles. The molecule has 0 aliphatic heterocycles. The Labute approximate surface area is 192 Å². The molecule has 0 amide bonds. The smallest absolute Gasteiger partial charge is 0.297 e. The second-order valence-corrected chi connectivity index (χ2v) is 8.94. The average Bonchev–Trinajstić information content (AvgIpc) is 3.23. The Hall–Kier alpha value is -3.62. The number of nitrogens with one attached hydrogen (secondary N) is 1. The molecule has 4 rings (SSSR count). The Bertz CT molecular complexity index is 1360. The number of rotatable bonds is 9. The van der Waals surface area contributed by atoms with Gasteiger partial charge in [-0.25, -0.2) is 4.98 Å². The van der Waals surface area contributed by atoms with Crippen molar-refractivity contribution in [3.8, 4) is 5.75 Å². The van der Waals surface area contributed by atoms with E-state index in [2.05, 4.69) is 10.3 Å². The highest BCUT2D eigenvalue weighted by Gasteiger charge is 2.14. The molecule has 33 heavy (non-hydrogen) atoms. The summed E-state index contributed by atoms with van der Waals surface area (Å²) in [6.07, 6.45) is 3.73. The van der Waals surface area contributed by atoms with Gasteiger partial charge in [-0.1, -0.05) is 29.8 Å². The summed E-state index contributed by atoms with van der Waals surface area (Å²) in [5, 5.41) is 3.08. The zero-order chi connectivity index (χ0) is 23.3. The highest BCUT2D eigenvalue weighted by molar-refractivity contribution is 7.86. The van der Waals surface area contributed by atoms with Crippen LogP contribution in [-0.4, -0.2) is 33.7 Å². The Morgan fingerprint density at radius 1 is 0.970 bits per heavy atom. The van der Waals surface area contributed by atoms with Crippen molar-refractivity contribution < 1.29 is 21.8 Å². The van der Waals surface area contributed by atoms with Crippen LogP contribution in [0.15, 0.2) is 76.0 Å². The Morgan fingerprint density at radius 3 is 2.45 bits per heavy atom. The molecule has 4 aromatic rings. The minimum Gasteiger partial charge on any atom is -0.491 e. The van der Waals surface area contributed by atoms with Gasteiger partial charge < -0.3 is 14.5 Å². The van der Waals surface area contributed by atoms with E-state index in [1.165, 1.54) is 12.1 Å². The SMILES string of the molecule is CNc1ccc(/C=C/c2nc3ccc(OCCOS(=O)(=O)c4ccc(C)cc4)cc3o2)cc1. The zero-order valence-corrected chi connectivity index (χ0v) is 19.1. The minimum atomic E-state index is -3.82. The van der Waals surface area contributed by atoms with E-state index in [-0.39, 0.29) is 18.1 Å². The largest absolute Gasteiger partial charge is 0.491 e.